The van der Waals surface area contributed by atoms with Gasteiger partial charge in [0, 0.05) is 30.6 Å². The van der Waals surface area contributed by atoms with Crippen LogP contribution in [-0.4, -0.2) is 43.2 Å². The summed E-state index contributed by atoms with van der Waals surface area (Å²) in [7, 11) is 2.97. The minimum Gasteiger partial charge on any atom is -0.496 e. The van der Waals surface area contributed by atoms with Gasteiger partial charge in [0.1, 0.15) is 11.4 Å². The average Bonchev–Trinajstić information content (AvgIpc) is 3.02. The minimum atomic E-state index is -0.893. The lowest BCUT2D eigenvalue weighted by Gasteiger charge is -2.46. The number of rotatable bonds is 5. The second kappa shape index (κ2) is 8.11. The van der Waals surface area contributed by atoms with Crippen molar-refractivity contribution in [2.75, 3.05) is 20.8 Å². The van der Waals surface area contributed by atoms with Crippen LogP contribution >= 0.6 is 0 Å². The minimum absolute atomic E-state index is 0.0268. The third-order valence-corrected chi connectivity index (χ3v) is 6.39. The third kappa shape index (κ3) is 3.56. The number of fused-ring (bicyclic) bond motifs is 1. The summed E-state index contributed by atoms with van der Waals surface area (Å²) < 4.78 is 16.3. The fraction of sp³-hybridized carbons (Fsp3) is 0.417. The number of piperidine rings is 1. The van der Waals surface area contributed by atoms with E-state index in [9.17, 15) is 9.59 Å². The van der Waals surface area contributed by atoms with Crippen molar-refractivity contribution in [3.63, 3.8) is 0 Å². The molecule has 4 unspecified atom stereocenters. The fourth-order valence-corrected chi connectivity index (χ4v) is 4.96. The Bertz CT molecular complexity index is 930. The predicted molar refractivity (Wildman–Crippen MR) is 111 cm³/mol. The van der Waals surface area contributed by atoms with Crippen LogP contribution in [0.5, 0.6) is 5.75 Å². The van der Waals surface area contributed by atoms with Crippen molar-refractivity contribution in [3.05, 3.63) is 65.7 Å². The number of methoxy groups -OCH3 is 2. The van der Waals surface area contributed by atoms with Gasteiger partial charge < -0.3 is 14.2 Å². The maximum Gasteiger partial charge on any atom is 0.321 e. The number of hydrogen-bond acceptors (Lipinski definition) is 6. The van der Waals surface area contributed by atoms with Gasteiger partial charge in [0.2, 0.25) is 0 Å². The molecule has 4 rings (SSSR count). The lowest BCUT2D eigenvalue weighted by molar-refractivity contribution is -0.157. The SMILES string of the molecule is COC(=O)C1C(=O)OC2(C)CN(Cc3ccccc3)C(c3ccccc3OC)CC12. The third-order valence-electron chi connectivity index (χ3n) is 6.39. The zero-order chi connectivity index (χ0) is 21.3. The van der Waals surface area contributed by atoms with Gasteiger partial charge >= 0.3 is 11.9 Å². The summed E-state index contributed by atoms with van der Waals surface area (Å²) in [4.78, 5) is 27.3. The molecule has 0 bridgehead atoms. The number of hydrogen-bond donors (Lipinski definition) is 0. The van der Waals surface area contributed by atoms with E-state index in [0.717, 1.165) is 11.3 Å². The zero-order valence-corrected chi connectivity index (χ0v) is 17.5. The topological polar surface area (TPSA) is 65.1 Å². The van der Waals surface area contributed by atoms with Gasteiger partial charge in [0.25, 0.3) is 0 Å². The van der Waals surface area contributed by atoms with Crippen molar-refractivity contribution in [1.29, 1.82) is 0 Å². The van der Waals surface area contributed by atoms with Crippen molar-refractivity contribution in [2.45, 2.75) is 31.5 Å². The normalized spacial score (nSPS) is 28.5. The molecule has 0 aromatic heterocycles. The molecule has 2 aromatic rings. The number of carbonyl (C=O) groups is 2. The Morgan fingerprint density at radius 2 is 1.83 bits per heavy atom. The van der Waals surface area contributed by atoms with Gasteiger partial charge in [-0.1, -0.05) is 48.5 Å². The number of esters is 2. The van der Waals surface area contributed by atoms with E-state index in [2.05, 4.69) is 23.1 Å². The quantitative estimate of drug-likeness (QED) is 0.557. The summed E-state index contributed by atoms with van der Waals surface area (Å²) in [5.74, 6) is -1.38. The van der Waals surface area contributed by atoms with E-state index in [-0.39, 0.29) is 12.0 Å². The molecular weight excluding hydrogens is 382 g/mol. The van der Waals surface area contributed by atoms with Crippen LogP contribution in [0.15, 0.2) is 54.6 Å². The number of carbonyl (C=O) groups excluding carboxylic acids is 2. The number of ether oxygens (including phenoxy) is 3. The van der Waals surface area contributed by atoms with Gasteiger partial charge in [-0.15, -0.1) is 0 Å². The summed E-state index contributed by atoms with van der Waals surface area (Å²) in [6.45, 7) is 3.15. The molecule has 2 aromatic carbocycles. The van der Waals surface area contributed by atoms with Crippen LogP contribution in [0, 0.1) is 11.8 Å². The maximum absolute atomic E-state index is 12.6. The molecule has 2 saturated heterocycles. The van der Waals surface area contributed by atoms with Gasteiger partial charge in [-0.25, -0.2) is 0 Å². The van der Waals surface area contributed by atoms with Crippen LogP contribution in [0.25, 0.3) is 0 Å². The lowest BCUT2D eigenvalue weighted by atomic mass is 9.72. The summed E-state index contributed by atoms with van der Waals surface area (Å²) >= 11 is 0. The molecule has 2 aliphatic rings. The molecule has 0 saturated carbocycles. The molecule has 6 heteroatoms. The molecular formula is C24H27NO5. The molecule has 0 aliphatic carbocycles. The Hall–Kier alpha value is -2.86. The smallest absolute Gasteiger partial charge is 0.321 e. The molecule has 0 N–H and O–H groups in total. The summed E-state index contributed by atoms with van der Waals surface area (Å²) in [6.07, 6.45) is 0.592. The van der Waals surface area contributed by atoms with Gasteiger partial charge in [-0.2, -0.15) is 0 Å². The molecule has 4 atom stereocenters. The summed E-state index contributed by atoms with van der Waals surface area (Å²) in [5, 5.41) is 0. The van der Waals surface area contributed by atoms with E-state index in [1.165, 1.54) is 12.7 Å². The maximum atomic E-state index is 12.6. The molecule has 6 nitrogen and oxygen atoms in total. The van der Waals surface area contributed by atoms with E-state index >= 15 is 0 Å². The molecule has 158 valence electrons. The fourth-order valence-electron chi connectivity index (χ4n) is 4.96. The van der Waals surface area contributed by atoms with Crippen molar-refractivity contribution in [1.82, 2.24) is 4.90 Å². The van der Waals surface area contributed by atoms with Gasteiger partial charge in [0.15, 0.2) is 5.92 Å². The van der Waals surface area contributed by atoms with Crippen molar-refractivity contribution < 1.29 is 23.8 Å². The van der Waals surface area contributed by atoms with Crippen LogP contribution in [0.4, 0.5) is 0 Å². The number of para-hydroxylation sites is 1. The van der Waals surface area contributed by atoms with E-state index in [1.54, 1.807) is 7.11 Å². The van der Waals surface area contributed by atoms with Crippen molar-refractivity contribution >= 4 is 11.9 Å². The van der Waals surface area contributed by atoms with Crippen molar-refractivity contribution in [3.8, 4) is 5.75 Å². The van der Waals surface area contributed by atoms with Crippen LogP contribution in [0.2, 0.25) is 0 Å². The Balaban J connectivity index is 1.74. The van der Waals surface area contributed by atoms with E-state index in [4.69, 9.17) is 14.2 Å². The molecule has 0 spiro atoms. The highest BCUT2D eigenvalue weighted by molar-refractivity contribution is 5.97. The molecule has 0 radical (unpaired) electrons. The second-order valence-corrected chi connectivity index (χ2v) is 8.23. The largest absolute Gasteiger partial charge is 0.496 e. The first-order chi connectivity index (χ1) is 14.5. The summed E-state index contributed by atoms with van der Waals surface area (Å²) in [5.41, 5.74) is 1.47. The highest BCUT2D eigenvalue weighted by Gasteiger charge is 2.60. The Morgan fingerprint density at radius 3 is 2.53 bits per heavy atom. The predicted octanol–water partition coefficient (Wildman–Crippen LogP) is 3.36. The van der Waals surface area contributed by atoms with Crippen LogP contribution < -0.4 is 4.74 Å². The number of likely N-dealkylation sites (tertiary alicyclic amines) is 1. The Kier molecular flexibility index (Phi) is 5.52. The molecule has 0 amide bonds. The zero-order valence-electron chi connectivity index (χ0n) is 17.5. The molecule has 2 heterocycles. The van der Waals surface area contributed by atoms with E-state index < -0.39 is 23.5 Å². The van der Waals surface area contributed by atoms with Crippen LogP contribution in [0.3, 0.4) is 0 Å². The Labute approximate surface area is 176 Å². The molecule has 2 aliphatic heterocycles. The van der Waals surface area contributed by atoms with Gasteiger partial charge in [-0.05, 0) is 25.0 Å². The summed E-state index contributed by atoms with van der Waals surface area (Å²) in [6, 6.07) is 18.1. The highest BCUT2D eigenvalue weighted by Crippen LogP contribution is 2.50. The van der Waals surface area contributed by atoms with Crippen molar-refractivity contribution in [2.24, 2.45) is 11.8 Å². The molecule has 2 fully saturated rings. The van der Waals surface area contributed by atoms with E-state index in [1.807, 2.05) is 43.3 Å². The second-order valence-electron chi connectivity index (χ2n) is 8.23. The average molecular weight is 409 g/mol. The first-order valence-corrected chi connectivity index (χ1v) is 10.2. The first kappa shape index (κ1) is 20.4. The number of nitrogens with zero attached hydrogens (tertiary/aromatic N) is 1. The van der Waals surface area contributed by atoms with Crippen LogP contribution in [-0.2, 0) is 25.6 Å². The first-order valence-electron chi connectivity index (χ1n) is 10.2. The standard InChI is InChI=1S/C24H27NO5/c1-24-15-25(14-16-9-5-4-6-10-16)19(17-11-7-8-12-20(17)28-2)13-18(24)21(22(26)29-3)23(27)30-24/h4-12,18-19,21H,13-15H2,1-3H3. The number of benzene rings is 2. The molecule has 30 heavy (non-hydrogen) atoms. The van der Waals surface area contributed by atoms with Crippen LogP contribution in [0.1, 0.15) is 30.5 Å². The van der Waals surface area contributed by atoms with Gasteiger partial charge in [-0.3, -0.25) is 14.5 Å². The Morgan fingerprint density at radius 1 is 1.13 bits per heavy atom. The lowest BCUT2D eigenvalue weighted by Crippen LogP contribution is -2.53. The van der Waals surface area contributed by atoms with E-state index in [0.29, 0.717) is 19.5 Å². The highest BCUT2D eigenvalue weighted by atomic mass is 16.6. The van der Waals surface area contributed by atoms with Gasteiger partial charge in [0.05, 0.1) is 14.2 Å². The monoisotopic (exact) mass is 409 g/mol.